The lowest BCUT2D eigenvalue weighted by Gasteiger charge is -2.18. The van der Waals surface area contributed by atoms with Crippen molar-refractivity contribution < 1.29 is 22.4 Å². The van der Waals surface area contributed by atoms with Gasteiger partial charge < -0.3 is 4.90 Å². The second-order valence-electron chi connectivity index (χ2n) is 4.95. The predicted molar refractivity (Wildman–Crippen MR) is 71.8 cm³/mol. The summed E-state index contributed by atoms with van der Waals surface area (Å²) < 4.78 is 53.1. The summed E-state index contributed by atoms with van der Waals surface area (Å²) in [7, 11) is 3.18. The van der Waals surface area contributed by atoms with Gasteiger partial charge in [-0.3, -0.25) is 14.2 Å². The first kappa shape index (κ1) is 17.0. The Morgan fingerprint density at radius 1 is 1.30 bits per heavy atom. The van der Waals surface area contributed by atoms with Crippen LogP contribution in [0.1, 0.15) is 29.9 Å². The van der Waals surface area contributed by atoms with E-state index in [1.807, 2.05) is 0 Å². The van der Waals surface area contributed by atoms with Crippen molar-refractivity contribution in [1.82, 2.24) is 24.5 Å². The zero-order valence-electron chi connectivity index (χ0n) is 12.5. The van der Waals surface area contributed by atoms with E-state index < -0.39 is 36.7 Å². The van der Waals surface area contributed by atoms with E-state index in [4.69, 9.17) is 0 Å². The van der Waals surface area contributed by atoms with Gasteiger partial charge in [-0.05, 0) is 12.1 Å². The molecule has 0 aliphatic heterocycles. The lowest BCUT2D eigenvalue weighted by Crippen LogP contribution is -2.31. The molecule has 0 aliphatic rings. The number of carbonyl (C=O) groups excluding carboxylic acids is 1. The van der Waals surface area contributed by atoms with Gasteiger partial charge in [-0.25, -0.2) is 17.6 Å². The number of nitrogens with zero attached hydrogens (tertiary/aromatic N) is 5. The van der Waals surface area contributed by atoms with Crippen LogP contribution in [0.15, 0.2) is 18.3 Å². The molecule has 2 aromatic rings. The van der Waals surface area contributed by atoms with Crippen molar-refractivity contribution in [2.45, 2.75) is 25.9 Å². The maximum atomic E-state index is 12.9. The van der Waals surface area contributed by atoms with E-state index in [0.29, 0.717) is 10.7 Å². The van der Waals surface area contributed by atoms with E-state index in [0.717, 1.165) is 5.69 Å². The first-order valence-corrected chi connectivity index (χ1v) is 6.64. The SMILES string of the molecule is CN(Cc1ccnn1C)C(=O)Cn1nc(C(F)F)cc1C(F)F. The molecule has 2 aromatic heterocycles. The van der Waals surface area contributed by atoms with Gasteiger partial charge in [0, 0.05) is 20.3 Å². The fourth-order valence-electron chi connectivity index (χ4n) is 2.00. The highest BCUT2D eigenvalue weighted by Gasteiger charge is 2.23. The highest BCUT2D eigenvalue weighted by atomic mass is 19.3. The molecule has 2 rings (SSSR count). The molecular weight excluding hydrogens is 318 g/mol. The van der Waals surface area contributed by atoms with Crippen LogP contribution in [0, 0.1) is 0 Å². The summed E-state index contributed by atoms with van der Waals surface area (Å²) in [6.07, 6.45) is -4.41. The fourth-order valence-corrected chi connectivity index (χ4v) is 2.00. The van der Waals surface area contributed by atoms with Crippen molar-refractivity contribution in [2.75, 3.05) is 7.05 Å². The molecule has 10 heteroatoms. The molecule has 0 fully saturated rings. The molecule has 0 saturated heterocycles. The van der Waals surface area contributed by atoms with Crippen molar-refractivity contribution in [3.05, 3.63) is 35.4 Å². The lowest BCUT2D eigenvalue weighted by molar-refractivity contribution is -0.131. The van der Waals surface area contributed by atoms with E-state index >= 15 is 0 Å². The topological polar surface area (TPSA) is 56.0 Å². The second kappa shape index (κ2) is 6.80. The summed E-state index contributed by atoms with van der Waals surface area (Å²) in [5, 5.41) is 7.34. The molecular formula is C13H15F4N5O. The smallest absolute Gasteiger partial charge is 0.282 e. The van der Waals surface area contributed by atoms with Crippen LogP contribution in [-0.4, -0.2) is 37.4 Å². The highest BCUT2D eigenvalue weighted by Crippen LogP contribution is 2.25. The van der Waals surface area contributed by atoms with Gasteiger partial charge in [0.1, 0.15) is 17.9 Å². The average Bonchev–Trinajstić information content (AvgIpc) is 3.06. The molecule has 0 atom stereocenters. The molecule has 0 aliphatic carbocycles. The van der Waals surface area contributed by atoms with Crippen LogP contribution in [0.4, 0.5) is 17.6 Å². The van der Waals surface area contributed by atoms with E-state index in [9.17, 15) is 22.4 Å². The Kier molecular flexibility index (Phi) is 5.02. The largest absolute Gasteiger partial charge is 0.338 e. The molecule has 0 unspecified atom stereocenters. The molecule has 126 valence electrons. The third-order valence-electron chi connectivity index (χ3n) is 3.31. The Morgan fingerprint density at radius 3 is 2.52 bits per heavy atom. The van der Waals surface area contributed by atoms with Crippen LogP contribution in [0.5, 0.6) is 0 Å². The number of carbonyl (C=O) groups is 1. The van der Waals surface area contributed by atoms with Crippen molar-refractivity contribution >= 4 is 5.91 Å². The number of halogens is 4. The molecule has 23 heavy (non-hydrogen) atoms. The number of likely N-dealkylation sites (N-methyl/N-ethyl adjacent to an activating group) is 1. The van der Waals surface area contributed by atoms with Gasteiger partial charge in [0.2, 0.25) is 5.91 Å². The monoisotopic (exact) mass is 333 g/mol. The van der Waals surface area contributed by atoms with Crippen molar-refractivity contribution in [2.24, 2.45) is 7.05 Å². The van der Waals surface area contributed by atoms with Crippen LogP contribution in [0.3, 0.4) is 0 Å². The molecule has 0 N–H and O–H groups in total. The van der Waals surface area contributed by atoms with Gasteiger partial charge in [-0.2, -0.15) is 10.2 Å². The van der Waals surface area contributed by atoms with Crippen LogP contribution < -0.4 is 0 Å². The van der Waals surface area contributed by atoms with E-state index in [-0.39, 0.29) is 6.54 Å². The molecule has 0 aromatic carbocycles. The zero-order chi connectivity index (χ0) is 17.1. The average molecular weight is 333 g/mol. The molecule has 1 amide bonds. The Hall–Kier alpha value is -2.39. The van der Waals surface area contributed by atoms with Crippen molar-refractivity contribution in [3.63, 3.8) is 0 Å². The number of rotatable bonds is 6. The van der Waals surface area contributed by atoms with Gasteiger partial charge in [0.25, 0.3) is 12.9 Å². The van der Waals surface area contributed by atoms with Gasteiger partial charge in [-0.1, -0.05) is 0 Å². The van der Waals surface area contributed by atoms with E-state index in [1.54, 1.807) is 24.0 Å². The normalized spacial score (nSPS) is 11.5. The summed E-state index contributed by atoms with van der Waals surface area (Å²) in [6, 6.07) is 2.32. The van der Waals surface area contributed by atoms with Gasteiger partial charge >= 0.3 is 0 Å². The number of aryl methyl sites for hydroxylation is 1. The summed E-state index contributed by atoms with van der Waals surface area (Å²) in [4.78, 5) is 13.4. The number of hydrogen-bond donors (Lipinski definition) is 0. The fraction of sp³-hybridized carbons (Fsp3) is 0.462. The lowest BCUT2D eigenvalue weighted by atomic mass is 10.3. The summed E-state index contributed by atoms with van der Waals surface area (Å²) in [6.45, 7) is -0.330. The number of aromatic nitrogens is 4. The number of hydrogen-bond acceptors (Lipinski definition) is 3. The minimum atomic E-state index is -3.00. The van der Waals surface area contributed by atoms with Crippen molar-refractivity contribution in [1.29, 1.82) is 0 Å². The third kappa shape index (κ3) is 3.88. The Morgan fingerprint density at radius 2 is 2.00 bits per heavy atom. The maximum absolute atomic E-state index is 12.9. The Balaban J connectivity index is 2.11. The van der Waals surface area contributed by atoms with Crippen LogP contribution in [-0.2, 0) is 24.9 Å². The third-order valence-corrected chi connectivity index (χ3v) is 3.31. The summed E-state index contributed by atoms with van der Waals surface area (Å²) in [5.41, 5.74) is -0.742. The standard InChI is InChI=1S/C13H15F4N5O/c1-20(6-8-3-4-18-21(8)2)11(23)7-22-10(13(16)17)5-9(19-22)12(14)15/h3-5,12-13H,6-7H2,1-2H3. The Labute approximate surface area is 129 Å². The second-order valence-corrected chi connectivity index (χ2v) is 4.95. The minimum Gasteiger partial charge on any atom is -0.338 e. The Bertz CT molecular complexity index is 682. The van der Waals surface area contributed by atoms with Crippen LogP contribution in [0.2, 0.25) is 0 Å². The molecule has 2 heterocycles. The first-order valence-electron chi connectivity index (χ1n) is 6.64. The van der Waals surface area contributed by atoms with E-state index in [1.165, 1.54) is 11.9 Å². The van der Waals surface area contributed by atoms with Gasteiger partial charge in [0.05, 0.1) is 12.2 Å². The van der Waals surface area contributed by atoms with Gasteiger partial charge in [-0.15, -0.1) is 0 Å². The molecule has 0 radical (unpaired) electrons. The zero-order valence-corrected chi connectivity index (χ0v) is 12.5. The molecule has 0 bridgehead atoms. The molecule has 0 spiro atoms. The summed E-state index contributed by atoms with van der Waals surface area (Å²) >= 11 is 0. The van der Waals surface area contributed by atoms with E-state index in [2.05, 4.69) is 10.2 Å². The maximum Gasteiger partial charge on any atom is 0.282 e. The summed E-state index contributed by atoms with van der Waals surface area (Å²) in [5.74, 6) is -0.531. The molecule has 0 saturated carbocycles. The van der Waals surface area contributed by atoms with Crippen LogP contribution >= 0.6 is 0 Å². The quantitative estimate of drug-likeness (QED) is 0.761. The first-order chi connectivity index (χ1) is 10.8. The van der Waals surface area contributed by atoms with Crippen molar-refractivity contribution in [3.8, 4) is 0 Å². The number of amides is 1. The van der Waals surface area contributed by atoms with Gasteiger partial charge in [0.15, 0.2) is 0 Å². The minimum absolute atomic E-state index is 0.211. The number of alkyl halides is 4. The highest BCUT2D eigenvalue weighted by molar-refractivity contribution is 5.75. The van der Waals surface area contributed by atoms with Crippen LogP contribution in [0.25, 0.3) is 0 Å². The predicted octanol–water partition coefficient (Wildman–Crippen LogP) is 2.15. The molecule has 6 nitrogen and oxygen atoms in total.